The van der Waals surface area contributed by atoms with Gasteiger partial charge < -0.3 is 0 Å². The van der Waals surface area contributed by atoms with Gasteiger partial charge in [-0.1, -0.05) is 36.6 Å². The van der Waals surface area contributed by atoms with Crippen LogP contribution in [0.1, 0.15) is 38.5 Å². The Morgan fingerprint density at radius 1 is 1.00 bits per heavy atom. The molecule has 1 aromatic rings. The topological polar surface area (TPSA) is 37.4 Å². The molecule has 3 nitrogen and oxygen atoms in total. The smallest absolute Gasteiger partial charge is 0.234 e. The Morgan fingerprint density at radius 3 is 2.16 bits per heavy atom. The van der Waals surface area contributed by atoms with Crippen molar-refractivity contribution in [2.45, 2.75) is 38.5 Å². The van der Waals surface area contributed by atoms with Crippen LogP contribution in [-0.2, 0) is 9.59 Å². The standard InChI is InChI=1S/C15H16ClNO2/c16-11-5-1-2-6-12(11)17-13(18)9-15(10-14(17)19)7-3-4-8-15/h1-2,5-6H,3-4,7-10H2. The molecule has 1 aromatic carbocycles. The van der Waals surface area contributed by atoms with Gasteiger partial charge in [0.1, 0.15) is 0 Å². The second-order valence-corrected chi connectivity index (χ2v) is 6.04. The largest absolute Gasteiger partial charge is 0.274 e. The third kappa shape index (κ3) is 2.16. The van der Waals surface area contributed by atoms with Crippen molar-refractivity contribution in [2.24, 2.45) is 5.41 Å². The number of carbonyl (C=O) groups excluding carboxylic acids is 2. The van der Waals surface area contributed by atoms with E-state index in [9.17, 15) is 9.59 Å². The summed E-state index contributed by atoms with van der Waals surface area (Å²) in [5, 5.41) is 0.451. The minimum absolute atomic E-state index is 0.0636. The number of para-hydroxylation sites is 1. The molecule has 0 unspecified atom stereocenters. The Kier molecular flexibility index (Phi) is 3.09. The minimum Gasteiger partial charge on any atom is -0.274 e. The zero-order valence-electron chi connectivity index (χ0n) is 10.7. The molecule has 1 heterocycles. The Hall–Kier alpha value is -1.35. The quantitative estimate of drug-likeness (QED) is 0.736. The van der Waals surface area contributed by atoms with Crippen LogP contribution in [0.15, 0.2) is 24.3 Å². The maximum absolute atomic E-state index is 12.4. The average molecular weight is 278 g/mol. The van der Waals surface area contributed by atoms with E-state index in [0.717, 1.165) is 25.7 Å². The number of benzene rings is 1. The molecule has 1 saturated carbocycles. The lowest BCUT2D eigenvalue weighted by Crippen LogP contribution is -2.47. The molecule has 19 heavy (non-hydrogen) atoms. The van der Waals surface area contributed by atoms with Gasteiger partial charge in [-0.2, -0.15) is 0 Å². The van der Waals surface area contributed by atoms with Crippen molar-refractivity contribution < 1.29 is 9.59 Å². The zero-order chi connectivity index (χ0) is 13.5. The SMILES string of the molecule is O=C1CC2(CCCC2)CC(=O)N1c1ccccc1Cl. The van der Waals surface area contributed by atoms with E-state index in [4.69, 9.17) is 11.6 Å². The molecule has 100 valence electrons. The third-order valence-electron chi connectivity index (χ3n) is 4.31. The van der Waals surface area contributed by atoms with E-state index >= 15 is 0 Å². The number of amides is 2. The van der Waals surface area contributed by atoms with E-state index in [0.29, 0.717) is 23.6 Å². The molecule has 2 aliphatic rings. The van der Waals surface area contributed by atoms with Crippen LogP contribution >= 0.6 is 11.6 Å². The number of imide groups is 1. The van der Waals surface area contributed by atoms with Gasteiger partial charge >= 0.3 is 0 Å². The summed E-state index contributed by atoms with van der Waals surface area (Å²) in [6, 6.07) is 7.02. The van der Waals surface area contributed by atoms with Crippen molar-refractivity contribution in [3.8, 4) is 0 Å². The normalized spacial score (nSPS) is 22.3. The summed E-state index contributed by atoms with van der Waals surface area (Å²) < 4.78 is 0. The van der Waals surface area contributed by atoms with Crippen molar-refractivity contribution >= 4 is 29.1 Å². The molecule has 1 saturated heterocycles. The molecular formula is C15H16ClNO2. The fourth-order valence-electron chi connectivity index (χ4n) is 3.38. The molecule has 0 bridgehead atoms. The maximum atomic E-state index is 12.4. The van der Waals surface area contributed by atoms with Gasteiger partial charge in [-0.15, -0.1) is 0 Å². The van der Waals surface area contributed by atoms with Crippen LogP contribution < -0.4 is 4.90 Å². The fourth-order valence-corrected chi connectivity index (χ4v) is 3.60. The Bertz CT molecular complexity index is 515. The number of hydrogen-bond donors (Lipinski definition) is 0. The summed E-state index contributed by atoms with van der Waals surface area (Å²) in [5.74, 6) is -0.211. The van der Waals surface area contributed by atoms with Crippen LogP contribution in [0.5, 0.6) is 0 Å². The van der Waals surface area contributed by atoms with Crippen LogP contribution in [0.2, 0.25) is 5.02 Å². The molecule has 1 aliphatic carbocycles. The van der Waals surface area contributed by atoms with Gasteiger partial charge in [-0.3, -0.25) is 9.59 Å². The lowest BCUT2D eigenvalue weighted by Gasteiger charge is -2.37. The molecule has 1 aliphatic heterocycles. The predicted octanol–water partition coefficient (Wildman–Crippen LogP) is 3.55. The number of piperidine rings is 1. The van der Waals surface area contributed by atoms with Gasteiger partial charge in [-0.25, -0.2) is 4.90 Å². The zero-order valence-corrected chi connectivity index (χ0v) is 11.4. The van der Waals surface area contributed by atoms with Crippen molar-refractivity contribution in [3.63, 3.8) is 0 Å². The number of nitrogens with zero attached hydrogens (tertiary/aromatic N) is 1. The summed E-state index contributed by atoms with van der Waals surface area (Å²) in [4.78, 5) is 26.0. The fraction of sp³-hybridized carbons (Fsp3) is 0.467. The lowest BCUT2D eigenvalue weighted by atomic mass is 9.76. The number of halogens is 1. The first-order valence-electron chi connectivity index (χ1n) is 6.72. The first kappa shape index (κ1) is 12.7. The van der Waals surface area contributed by atoms with Gasteiger partial charge in [0.15, 0.2) is 0 Å². The van der Waals surface area contributed by atoms with Crippen molar-refractivity contribution in [2.75, 3.05) is 4.90 Å². The number of rotatable bonds is 1. The van der Waals surface area contributed by atoms with Crippen LogP contribution in [0, 0.1) is 5.41 Å². The minimum atomic E-state index is -0.105. The van der Waals surface area contributed by atoms with Gasteiger partial charge in [0.05, 0.1) is 10.7 Å². The van der Waals surface area contributed by atoms with Gasteiger partial charge in [-0.05, 0) is 30.4 Å². The molecule has 4 heteroatoms. The summed E-state index contributed by atoms with van der Waals surface area (Å²) in [5.41, 5.74) is 0.457. The van der Waals surface area contributed by atoms with Crippen LogP contribution in [0.3, 0.4) is 0 Å². The first-order valence-corrected chi connectivity index (χ1v) is 7.09. The molecule has 0 radical (unpaired) electrons. The maximum Gasteiger partial charge on any atom is 0.234 e. The Labute approximate surface area is 117 Å². The molecule has 3 rings (SSSR count). The summed E-state index contributed by atoms with van der Waals surface area (Å²) in [6.45, 7) is 0. The van der Waals surface area contributed by atoms with Crippen molar-refractivity contribution in [1.82, 2.24) is 0 Å². The van der Waals surface area contributed by atoms with E-state index in [-0.39, 0.29) is 17.2 Å². The summed E-state index contributed by atoms with van der Waals surface area (Å²) in [7, 11) is 0. The lowest BCUT2D eigenvalue weighted by molar-refractivity contribution is -0.133. The first-order chi connectivity index (χ1) is 9.11. The second-order valence-electron chi connectivity index (χ2n) is 5.63. The molecule has 0 aromatic heterocycles. The highest BCUT2D eigenvalue weighted by Gasteiger charge is 2.45. The Balaban J connectivity index is 1.91. The number of hydrogen-bond acceptors (Lipinski definition) is 2. The van der Waals surface area contributed by atoms with Gasteiger partial charge in [0.25, 0.3) is 0 Å². The molecule has 0 atom stereocenters. The molecule has 0 N–H and O–H groups in total. The van der Waals surface area contributed by atoms with Crippen LogP contribution in [-0.4, -0.2) is 11.8 Å². The van der Waals surface area contributed by atoms with Crippen LogP contribution in [0.4, 0.5) is 5.69 Å². The summed E-state index contributed by atoms with van der Waals surface area (Å²) >= 11 is 6.09. The molecule has 2 amide bonds. The van der Waals surface area contributed by atoms with E-state index in [1.165, 1.54) is 4.90 Å². The third-order valence-corrected chi connectivity index (χ3v) is 4.63. The second kappa shape index (κ2) is 4.64. The highest BCUT2D eigenvalue weighted by molar-refractivity contribution is 6.35. The van der Waals surface area contributed by atoms with Gasteiger partial charge in [0, 0.05) is 12.8 Å². The Morgan fingerprint density at radius 2 is 1.58 bits per heavy atom. The highest BCUT2D eigenvalue weighted by Crippen LogP contribution is 2.48. The van der Waals surface area contributed by atoms with E-state index in [1.807, 2.05) is 0 Å². The van der Waals surface area contributed by atoms with Crippen LogP contribution in [0.25, 0.3) is 0 Å². The monoisotopic (exact) mass is 277 g/mol. The van der Waals surface area contributed by atoms with Crippen molar-refractivity contribution in [3.05, 3.63) is 29.3 Å². The predicted molar refractivity (Wildman–Crippen MR) is 74.1 cm³/mol. The number of anilines is 1. The number of carbonyl (C=O) groups is 2. The van der Waals surface area contributed by atoms with Gasteiger partial charge in [0.2, 0.25) is 11.8 Å². The van der Waals surface area contributed by atoms with E-state index in [2.05, 4.69) is 0 Å². The molecule has 2 fully saturated rings. The molecular weight excluding hydrogens is 262 g/mol. The van der Waals surface area contributed by atoms with E-state index < -0.39 is 0 Å². The summed E-state index contributed by atoms with van der Waals surface area (Å²) in [6.07, 6.45) is 5.22. The highest BCUT2D eigenvalue weighted by atomic mass is 35.5. The average Bonchev–Trinajstić information content (AvgIpc) is 2.78. The molecule has 1 spiro atoms. The van der Waals surface area contributed by atoms with Crippen molar-refractivity contribution in [1.29, 1.82) is 0 Å². The van der Waals surface area contributed by atoms with E-state index in [1.54, 1.807) is 24.3 Å².